The summed E-state index contributed by atoms with van der Waals surface area (Å²) in [6, 6.07) is 4.11. The van der Waals surface area contributed by atoms with Gasteiger partial charge in [0.15, 0.2) is 5.58 Å². The Morgan fingerprint density at radius 3 is 2.63 bits per heavy atom. The molecule has 1 saturated heterocycles. The molecule has 0 spiro atoms. The molecule has 0 bridgehead atoms. The van der Waals surface area contributed by atoms with Crippen molar-refractivity contribution in [1.29, 1.82) is 0 Å². The summed E-state index contributed by atoms with van der Waals surface area (Å²) >= 11 is 0. The van der Waals surface area contributed by atoms with E-state index >= 15 is 0 Å². The Morgan fingerprint density at radius 1 is 1.26 bits per heavy atom. The van der Waals surface area contributed by atoms with Crippen molar-refractivity contribution in [3.8, 4) is 0 Å². The predicted octanol–water partition coefficient (Wildman–Crippen LogP) is -0.0187. The number of β-amino-alcohol motifs (C(OH)–C–C–N with tert-alkyl or cyclic N) is 1. The highest BCUT2D eigenvalue weighted by molar-refractivity contribution is 7.89. The largest absolute Gasteiger partial charge is 0.419 e. The quantitative estimate of drug-likeness (QED) is 0.776. The minimum absolute atomic E-state index is 0.0929. The Balaban J connectivity index is 1.94. The number of hydrogen-bond acceptors (Lipinski definition) is 6. The molecule has 2 heterocycles. The number of oxazole rings is 1. The van der Waals surface area contributed by atoms with Crippen molar-refractivity contribution in [3.63, 3.8) is 0 Å². The van der Waals surface area contributed by atoms with Gasteiger partial charge in [0.1, 0.15) is 0 Å². The molecule has 1 fully saturated rings. The van der Waals surface area contributed by atoms with E-state index in [1.54, 1.807) is 0 Å². The first-order valence-corrected chi connectivity index (χ1v) is 10.1. The molecule has 1 unspecified atom stereocenters. The zero-order chi connectivity index (χ0) is 19.9. The lowest BCUT2D eigenvalue weighted by atomic mass is 10.2. The lowest BCUT2D eigenvalue weighted by molar-refractivity contribution is -0.131. The van der Waals surface area contributed by atoms with Gasteiger partial charge in [-0.25, -0.2) is 13.2 Å². The molecule has 0 saturated carbocycles. The number of carbonyl (C=O) groups excluding carboxylic acids is 1. The first kappa shape index (κ1) is 19.6. The molecule has 9 nitrogen and oxygen atoms in total. The lowest BCUT2D eigenvalue weighted by Crippen LogP contribution is -2.40. The van der Waals surface area contributed by atoms with Gasteiger partial charge >= 0.3 is 5.76 Å². The van der Waals surface area contributed by atoms with E-state index < -0.39 is 21.9 Å². The minimum atomic E-state index is -4.04. The SMILES string of the molecule is CC(C)CN1CC(O)CN(S(=O)(=O)c2ccc3c(c2)oc(=O)n3C)CC1=O. The molecular weight excluding hydrogens is 374 g/mol. The van der Waals surface area contributed by atoms with Crippen molar-refractivity contribution in [2.24, 2.45) is 13.0 Å². The summed E-state index contributed by atoms with van der Waals surface area (Å²) in [5.74, 6) is -0.743. The maximum Gasteiger partial charge on any atom is 0.419 e. The molecule has 10 heteroatoms. The van der Waals surface area contributed by atoms with Gasteiger partial charge in [0.25, 0.3) is 0 Å². The van der Waals surface area contributed by atoms with Crippen molar-refractivity contribution in [1.82, 2.24) is 13.8 Å². The summed E-state index contributed by atoms with van der Waals surface area (Å²) in [6.45, 7) is 3.91. The zero-order valence-corrected chi connectivity index (χ0v) is 16.3. The van der Waals surface area contributed by atoms with Crippen molar-refractivity contribution in [3.05, 3.63) is 28.7 Å². The summed E-state index contributed by atoms with van der Waals surface area (Å²) in [6.07, 6.45) is -0.983. The van der Waals surface area contributed by atoms with E-state index in [9.17, 15) is 23.1 Å². The highest BCUT2D eigenvalue weighted by atomic mass is 32.2. The number of aryl methyl sites for hydroxylation is 1. The van der Waals surface area contributed by atoms with Crippen LogP contribution in [0.25, 0.3) is 11.1 Å². The number of hydrogen-bond donors (Lipinski definition) is 1. The smallest absolute Gasteiger partial charge is 0.408 e. The van der Waals surface area contributed by atoms with Gasteiger partial charge in [-0.3, -0.25) is 9.36 Å². The van der Waals surface area contributed by atoms with E-state index in [1.807, 2.05) is 13.8 Å². The fourth-order valence-electron chi connectivity index (χ4n) is 3.19. The molecule has 148 valence electrons. The summed E-state index contributed by atoms with van der Waals surface area (Å²) in [7, 11) is -2.52. The van der Waals surface area contributed by atoms with E-state index in [1.165, 1.54) is 34.7 Å². The second-order valence-corrected chi connectivity index (χ2v) is 9.14. The highest BCUT2D eigenvalue weighted by Gasteiger charge is 2.34. The topological polar surface area (TPSA) is 113 Å². The Bertz CT molecular complexity index is 1020. The average Bonchev–Trinajstić information content (AvgIpc) is 2.77. The van der Waals surface area contributed by atoms with Gasteiger partial charge in [0.2, 0.25) is 15.9 Å². The molecule has 0 radical (unpaired) electrons. The number of amides is 1. The van der Waals surface area contributed by atoms with Gasteiger partial charge < -0.3 is 14.4 Å². The number of rotatable bonds is 4. The van der Waals surface area contributed by atoms with E-state index in [-0.39, 0.29) is 41.9 Å². The third-order valence-corrected chi connectivity index (χ3v) is 6.30. The van der Waals surface area contributed by atoms with Gasteiger partial charge in [0, 0.05) is 32.7 Å². The molecule has 2 aromatic rings. The molecule has 1 aromatic heterocycles. The number of nitrogens with zero attached hydrogens (tertiary/aromatic N) is 3. The number of aromatic nitrogens is 1. The summed E-state index contributed by atoms with van der Waals surface area (Å²) < 4.78 is 33.3. The monoisotopic (exact) mass is 397 g/mol. The van der Waals surface area contributed by atoms with E-state index in [4.69, 9.17) is 4.42 Å². The van der Waals surface area contributed by atoms with E-state index in [0.29, 0.717) is 12.1 Å². The number of fused-ring (bicyclic) bond motifs is 1. The maximum atomic E-state index is 13.0. The van der Waals surface area contributed by atoms with Crippen LogP contribution in [0.15, 0.2) is 32.3 Å². The molecule has 1 aliphatic rings. The van der Waals surface area contributed by atoms with Crippen LogP contribution in [-0.4, -0.2) is 65.5 Å². The van der Waals surface area contributed by atoms with Crippen LogP contribution in [0.4, 0.5) is 0 Å². The van der Waals surface area contributed by atoms with Crippen LogP contribution in [0.1, 0.15) is 13.8 Å². The van der Waals surface area contributed by atoms with Gasteiger partial charge in [-0.1, -0.05) is 13.8 Å². The Labute approximate surface area is 156 Å². The molecule has 27 heavy (non-hydrogen) atoms. The molecule has 1 atom stereocenters. The van der Waals surface area contributed by atoms with Crippen LogP contribution in [0.2, 0.25) is 0 Å². The van der Waals surface area contributed by atoms with E-state index in [0.717, 1.165) is 4.31 Å². The van der Waals surface area contributed by atoms with Gasteiger partial charge in [0.05, 0.1) is 23.1 Å². The summed E-state index contributed by atoms with van der Waals surface area (Å²) in [5.41, 5.74) is 0.612. The van der Waals surface area contributed by atoms with Gasteiger partial charge in [-0.15, -0.1) is 0 Å². The Kier molecular flexibility index (Phi) is 5.15. The fraction of sp³-hybridized carbons (Fsp3) is 0.529. The first-order valence-electron chi connectivity index (χ1n) is 8.65. The van der Waals surface area contributed by atoms with Crippen LogP contribution in [-0.2, 0) is 21.9 Å². The summed E-state index contributed by atoms with van der Waals surface area (Å²) in [5, 5.41) is 10.2. The number of sulfonamides is 1. The second kappa shape index (κ2) is 7.10. The predicted molar refractivity (Wildman–Crippen MR) is 97.6 cm³/mol. The zero-order valence-electron chi connectivity index (χ0n) is 15.5. The van der Waals surface area contributed by atoms with Crippen molar-refractivity contribution < 1.29 is 22.7 Å². The number of aliphatic hydroxyl groups excluding tert-OH is 1. The number of aliphatic hydroxyl groups is 1. The molecule has 1 aliphatic heterocycles. The third-order valence-electron chi connectivity index (χ3n) is 4.50. The Morgan fingerprint density at radius 2 is 1.96 bits per heavy atom. The molecule has 1 aromatic carbocycles. The number of benzene rings is 1. The number of carbonyl (C=O) groups is 1. The standard InChI is InChI=1S/C17H23N3O6S/c1-11(2)7-19-8-12(21)9-20(10-16(19)22)27(24,25)13-4-5-14-15(6-13)26-17(23)18(14)3/h4-6,11-12,21H,7-10H2,1-3H3. The molecule has 3 rings (SSSR count). The molecule has 0 aliphatic carbocycles. The van der Waals surface area contributed by atoms with Crippen LogP contribution in [0.5, 0.6) is 0 Å². The lowest BCUT2D eigenvalue weighted by Gasteiger charge is -2.23. The van der Waals surface area contributed by atoms with Crippen molar-refractivity contribution in [2.75, 3.05) is 26.2 Å². The second-order valence-electron chi connectivity index (χ2n) is 7.20. The fourth-order valence-corrected chi connectivity index (χ4v) is 4.63. The molecule has 1 amide bonds. The summed E-state index contributed by atoms with van der Waals surface area (Å²) in [4.78, 5) is 25.5. The molecular formula is C17H23N3O6S. The van der Waals surface area contributed by atoms with Crippen molar-refractivity contribution >= 4 is 27.0 Å². The van der Waals surface area contributed by atoms with Crippen molar-refractivity contribution in [2.45, 2.75) is 24.8 Å². The Hall–Kier alpha value is -2.17. The molecule has 1 N–H and O–H groups in total. The van der Waals surface area contributed by atoms with Crippen LogP contribution in [0.3, 0.4) is 0 Å². The third kappa shape index (κ3) is 3.78. The highest BCUT2D eigenvalue weighted by Crippen LogP contribution is 2.23. The van der Waals surface area contributed by atoms with E-state index in [2.05, 4.69) is 0 Å². The first-order chi connectivity index (χ1) is 12.6. The maximum absolute atomic E-state index is 13.0. The minimum Gasteiger partial charge on any atom is -0.408 e. The van der Waals surface area contributed by atoms with Crippen LogP contribution < -0.4 is 5.76 Å². The van der Waals surface area contributed by atoms with Crippen LogP contribution in [0, 0.1) is 5.92 Å². The average molecular weight is 397 g/mol. The van der Waals surface area contributed by atoms with Gasteiger partial charge in [-0.2, -0.15) is 4.31 Å². The van der Waals surface area contributed by atoms with Crippen LogP contribution >= 0.6 is 0 Å². The normalized spacial score (nSPS) is 19.8. The van der Waals surface area contributed by atoms with Gasteiger partial charge in [-0.05, 0) is 18.1 Å².